The zero-order valence-corrected chi connectivity index (χ0v) is 12.8. The third-order valence-electron chi connectivity index (χ3n) is 2.49. The van der Waals surface area contributed by atoms with Gasteiger partial charge in [0.1, 0.15) is 5.01 Å². The number of hydrogen-bond acceptors (Lipinski definition) is 4. The third-order valence-corrected chi connectivity index (χ3v) is 5.03. The summed E-state index contributed by atoms with van der Waals surface area (Å²) in [5.74, 6) is 0.317. The van der Waals surface area contributed by atoms with Crippen LogP contribution in [0.3, 0.4) is 0 Å². The molecule has 0 aliphatic carbocycles. The van der Waals surface area contributed by atoms with E-state index in [1.165, 1.54) is 11.3 Å². The van der Waals surface area contributed by atoms with Crippen molar-refractivity contribution in [3.63, 3.8) is 0 Å². The molecule has 4 nitrogen and oxygen atoms in total. The second-order valence-electron chi connectivity index (χ2n) is 3.99. The van der Waals surface area contributed by atoms with E-state index in [1.54, 1.807) is 6.26 Å². The minimum Gasteiger partial charge on any atom is -0.356 e. The first-order valence-corrected chi connectivity index (χ1v) is 8.64. The molecule has 0 aliphatic heterocycles. The van der Waals surface area contributed by atoms with Gasteiger partial charge in [-0.2, -0.15) is 0 Å². The van der Waals surface area contributed by atoms with Crippen molar-refractivity contribution in [3.8, 4) is 0 Å². The molecule has 1 rings (SSSR count). The molecule has 7 heteroatoms. The first-order chi connectivity index (χ1) is 8.52. The Hall–Kier alpha value is -0.460. The smallest absolute Gasteiger partial charge is 0.226 e. The highest BCUT2D eigenvalue weighted by molar-refractivity contribution is 7.84. The summed E-state index contributed by atoms with van der Waals surface area (Å²) in [7, 11) is -0.837. The second-order valence-corrected chi connectivity index (χ2v) is 7.00. The van der Waals surface area contributed by atoms with Crippen LogP contribution in [0.1, 0.15) is 24.0 Å². The quantitative estimate of drug-likeness (QED) is 0.780. The summed E-state index contributed by atoms with van der Waals surface area (Å²) in [5, 5.41) is 5.54. The first-order valence-electron chi connectivity index (χ1n) is 5.61. The molecule has 1 aromatic rings. The van der Waals surface area contributed by atoms with Crippen molar-refractivity contribution in [2.24, 2.45) is 0 Å². The van der Waals surface area contributed by atoms with Crippen LogP contribution in [0, 0.1) is 0 Å². The molecule has 0 aromatic carbocycles. The average molecular weight is 309 g/mol. The molecule has 1 amide bonds. The Labute approximate surface area is 119 Å². The predicted octanol–water partition coefficient (Wildman–Crippen LogP) is 1.70. The number of amides is 1. The molecule has 0 saturated heterocycles. The molecule has 0 aliphatic rings. The van der Waals surface area contributed by atoms with Crippen molar-refractivity contribution in [3.05, 3.63) is 16.1 Å². The maximum Gasteiger partial charge on any atom is 0.226 e. The van der Waals surface area contributed by atoms with E-state index in [9.17, 15) is 9.00 Å². The SMILES string of the molecule is CC(CCNC(=O)Cc1nc(CCl)cs1)S(C)=O. The van der Waals surface area contributed by atoms with Crippen LogP contribution in [-0.4, -0.2) is 33.2 Å². The van der Waals surface area contributed by atoms with E-state index >= 15 is 0 Å². The van der Waals surface area contributed by atoms with Crippen molar-refractivity contribution in [1.29, 1.82) is 0 Å². The van der Waals surface area contributed by atoms with Crippen molar-refractivity contribution < 1.29 is 9.00 Å². The molecule has 2 atom stereocenters. The van der Waals surface area contributed by atoms with Crippen molar-refractivity contribution >= 4 is 39.6 Å². The Morgan fingerprint density at radius 2 is 2.39 bits per heavy atom. The minimum atomic E-state index is -0.837. The van der Waals surface area contributed by atoms with E-state index in [0.717, 1.165) is 17.1 Å². The molecule has 18 heavy (non-hydrogen) atoms. The Kier molecular flexibility index (Phi) is 6.81. The molecule has 1 heterocycles. The lowest BCUT2D eigenvalue weighted by molar-refractivity contribution is -0.120. The van der Waals surface area contributed by atoms with Crippen LogP contribution in [0.4, 0.5) is 0 Å². The van der Waals surface area contributed by atoms with Gasteiger partial charge in [-0.05, 0) is 6.42 Å². The molecular formula is C11H17ClN2O2S2. The number of rotatable bonds is 7. The number of nitrogens with zero attached hydrogens (tertiary/aromatic N) is 1. The summed E-state index contributed by atoms with van der Waals surface area (Å²) < 4.78 is 11.1. The lowest BCUT2D eigenvalue weighted by Gasteiger charge is -2.08. The van der Waals surface area contributed by atoms with E-state index in [0.29, 0.717) is 12.4 Å². The summed E-state index contributed by atoms with van der Waals surface area (Å²) in [5.41, 5.74) is 0.805. The Morgan fingerprint density at radius 1 is 1.67 bits per heavy atom. The van der Waals surface area contributed by atoms with Gasteiger partial charge in [0.2, 0.25) is 5.91 Å². The number of aromatic nitrogens is 1. The molecule has 0 saturated carbocycles. The van der Waals surface area contributed by atoms with Gasteiger partial charge in [-0.15, -0.1) is 22.9 Å². The summed E-state index contributed by atoms with van der Waals surface area (Å²) in [6.45, 7) is 2.46. The molecule has 0 fully saturated rings. The van der Waals surface area contributed by atoms with Crippen molar-refractivity contribution in [1.82, 2.24) is 10.3 Å². The zero-order chi connectivity index (χ0) is 13.5. The molecule has 2 unspecified atom stereocenters. The minimum absolute atomic E-state index is 0.0560. The largest absolute Gasteiger partial charge is 0.356 e. The molecule has 102 valence electrons. The number of hydrogen-bond donors (Lipinski definition) is 1. The van der Waals surface area contributed by atoms with Crippen LogP contribution < -0.4 is 5.32 Å². The summed E-state index contributed by atoms with van der Waals surface area (Å²) in [6, 6.07) is 0. The van der Waals surface area contributed by atoms with Crippen LogP contribution >= 0.6 is 22.9 Å². The van der Waals surface area contributed by atoms with E-state index < -0.39 is 10.8 Å². The van der Waals surface area contributed by atoms with Gasteiger partial charge in [-0.3, -0.25) is 9.00 Å². The van der Waals surface area contributed by atoms with Gasteiger partial charge in [0.05, 0.1) is 18.0 Å². The highest BCUT2D eigenvalue weighted by Gasteiger charge is 2.09. The standard InChI is InChI=1S/C11H17ClN2O2S2/c1-8(18(2)16)3-4-13-10(15)5-11-14-9(6-12)7-17-11/h7-8H,3-6H2,1-2H3,(H,13,15). The van der Waals surface area contributed by atoms with E-state index in [2.05, 4.69) is 10.3 Å². The zero-order valence-electron chi connectivity index (χ0n) is 10.4. The average Bonchev–Trinajstić information content (AvgIpc) is 2.76. The monoisotopic (exact) mass is 308 g/mol. The number of carbonyl (C=O) groups excluding carboxylic acids is 1. The van der Waals surface area contributed by atoms with Crippen LogP contribution in [0.5, 0.6) is 0 Å². The molecule has 0 bridgehead atoms. The van der Waals surface area contributed by atoms with Crippen LogP contribution in [-0.2, 0) is 27.9 Å². The van der Waals surface area contributed by atoms with Crippen LogP contribution in [0.15, 0.2) is 5.38 Å². The number of alkyl halides is 1. The first kappa shape index (κ1) is 15.6. The maximum absolute atomic E-state index is 11.6. The molecule has 1 aromatic heterocycles. The topological polar surface area (TPSA) is 59.1 Å². The number of carbonyl (C=O) groups is 1. The third kappa shape index (κ3) is 5.46. The summed E-state index contributed by atoms with van der Waals surface area (Å²) >= 11 is 7.08. The van der Waals surface area contributed by atoms with Crippen LogP contribution in [0.2, 0.25) is 0 Å². The molecule has 0 radical (unpaired) electrons. The number of nitrogens with one attached hydrogen (secondary N) is 1. The van der Waals surface area contributed by atoms with Gasteiger partial charge < -0.3 is 5.32 Å². The highest BCUT2D eigenvalue weighted by Crippen LogP contribution is 2.12. The Bertz CT molecular complexity index is 423. The molecule has 1 N–H and O–H groups in total. The normalized spacial score (nSPS) is 14.2. The van der Waals surface area contributed by atoms with Gasteiger partial charge in [-0.1, -0.05) is 6.92 Å². The lowest BCUT2D eigenvalue weighted by Crippen LogP contribution is -2.28. The number of thiazole rings is 1. The molecule has 0 spiro atoms. The van der Waals surface area contributed by atoms with Crippen LogP contribution in [0.25, 0.3) is 0 Å². The lowest BCUT2D eigenvalue weighted by atomic mass is 10.3. The predicted molar refractivity (Wildman–Crippen MR) is 76.5 cm³/mol. The van der Waals surface area contributed by atoms with Crippen molar-refractivity contribution in [2.75, 3.05) is 12.8 Å². The highest BCUT2D eigenvalue weighted by atomic mass is 35.5. The summed E-state index contributed by atoms with van der Waals surface area (Å²) in [6.07, 6.45) is 2.68. The fraction of sp³-hybridized carbons (Fsp3) is 0.636. The van der Waals surface area contributed by atoms with Gasteiger partial charge in [0.25, 0.3) is 0 Å². The van der Waals surface area contributed by atoms with Crippen molar-refractivity contribution in [2.45, 2.75) is 30.9 Å². The second kappa shape index (κ2) is 7.86. The van der Waals surface area contributed by atoms with E-state index in [4.69, 9.17) is 11.6 Å². The fourth-order valence-corrected chi connectivity index (χ4v) is 2.74. The summed E-state index contributed by atoms with van der Waals surface area (Å²) in [4.78, 5) is 15.8. The van der Waals surface area contributed by atoms with E-state index in [-0.39, 0.29) is 17.6 Å². The van der Waals surface area contributed by atoms with E-state index in [1.807, 2.05) is 12.3 Å². The van der Waals surface area contributed by atoms with Gasteiger partial charge >= 0.3 is 0 Å². The van der Waals surface area contributed by atoms with Gasteiger partial charge in [0, 0.05) is 34.2 Å². The maximum atomic E-state index is 11.6. The fourth-order valence-electron chi connectivity index (χ4n) is 1.27. The van der Waals surface area contributed by atoms with Gasteiger partial charge in [-0.25, -0.2) is 4.98 Å². The Morgan fingerprint density at radius 3 is 2.94 bits per heavy atom. The van der Waals surface area contributed by atoms with Gasteiger partial charge in [0.15, 0.2) is 0 Å². The molecular weight excluding hydrogens is 292 g/mol. The Balaban J connectivity index is 2.27. The number of halogens is 1.